The molecule has 7 nitrogen and oxygen atoms in total. The first-order valence-electron chi connectivity index (χ1n) is 5.92. The van der Waals surface area contributed by atoms with E-state index in [-0.39, 0.29) is 13.2 Å². The topological polar surface area (TPSA) is 101 Å². The Morgan fingerprint density at radius 1 is 1.45 bits per heavy atom. The SMILES string of the molecule is Cc1cc(C(=O)OCCNS(C)(=O)=O)c2[nH]ncc2c1. The van der Waals surface area contributed by atoms with Gasteiger partial charge in [-0.1, -0.05) is 0 Å². The van der Waals surface area contributed by atoms with Gasteiger partial charge in [0.2, 0.25) is 10.0 Å². The normalized spacial score (nSPS) is 11.7. The molecule has 0 fully saturated rings. The van der Waals surface area contributed by atoms with E-state index in [0.29, 0.717) is 11.1 Å². The summed E-state index contributed by atoms with van der Waals surface area (Å²) in [5, 5.41) is 7.46. The van der Waals surface area contributed by atoms with Gasteiger partial charge in [0.05, 0.1) is 23.5 Å². The van der Waals surface area contributed by atoms with Crippen molar-refractivity contribution in [3.05, 3.63) is 29.5 Å². The number of ether oxygens (including phenoxy) is 1. The molecule has 0 saturated heterocycles. The fourth-order valence-electron chi connectivity index (χ4n) is 1.82. The van der Waals surface area contributed by atoms with Crippen LogP contribution in [-0.4, -0.2) is 44.0 Å². The van der Waals surface area contributed by atoms with Gasteiger partial charge >= 0.3 is 5.97 Å². The van der Waals surface area contributed by atoms with E-state index in [9.17, 15) is 13.2 Å². The first kappa shape index (κ1) is 14.5. The number of hydrogen-bond donors (Lipinski definition) is 2. The van der Waals surface area contributed by atoms with E-state index in [1.807, 2.05) is 13.0 Å². The lowest BCUT2D eigenvalue weighted by Crippen LogP contribution is -2.27. The molecule has 0 saturated carbocycles. The molecule has 0 spiro atoms. The molecule has 0 aliphatic carbocycles. The van der Waals surface area contributed by atoms with E-state index in [1.54, 1.807) is 12.3 Å². The van der Waals surface area contributed by atoms with Crippen LogP contribution in [0.15, 0.2) is 18.3 Å². The number of hydrogen-bond acceptors (Lipinski definition) is 5. The number of H-pyrrole nitrogens is 1. The molecule has 0 aliphatic heterocycles. The summed E-state index contributed by atoms with van der Waals surface area (Å²) < 4.78 is 29.0. The van der Waals surface area contributed by atoms with E-state index in [1.165, 1.54) is 0 Å². The predicted octanol–water partition coefficient (Wildman–Crippen LogP) is 0.577. The van der Waals surface area contributed by atoms with E-state index in [0.717, 1.165) is 17.2 Å². The van der Waals surface area contributed by atoms with E-state index < -0.39 is 16.0 Å². The molecule has 1 heterocycles. The summed E-state index contributed by atoms with van der Waals surface area (Å²) in [6, 6.07) is 3.60. The van der Waals surface area contributed by atoms with Crippen molar-refractivity contribution in [2.24, 2.45) is 0 Å². The highest BCUT2D eigenvalue weighted by atomic mass is 32.2. The van der Waals surface area contributed by atoms with Crippen molar-refractivity contribution in [1.29, 1.82) is 0 Å². The third kappa shape index (κ3) is 3.55. The van der Waals surface area contributed by atoms with E-state index >= 15 is 0 Å². The van der Waals surface area contributed by atoms with Crippen LogP contribution in [0.1, 0.15) is 15.9 Å². The largest absolute Gasteiger partial charge is 0.461 e. The molecule has 2 rings (SSSR count). The molecular weight excluding hydrogens is 282 g/mol. The molecule has 1 aromatic heterocycles. The number of aryl methyl sites for hydroxylation is 1. The summed E-state index contributed by atoms with van der Waals surface area (Å²) in [5.41, 5.74) is 1.91. The quantitative estimate of drug-likeness (QED) is 0.621. The fraction of sp³-hybridized carbons (Fsp3) is 0.333. The molecule has 20 heavy (non-hydrogen) atoms. The van der Waals surface area contributed by atoms with Crippen molar-refractivity contribution in [3.63, 3.8) is 0 Å². The number of aromatic amines is 1. The first-order chi connectivity index (χ1) is 9.37. The van der Waals surface area contributed by atoms with Crippen LogP contribution < -0.4 is 4.72 Å². The number of sulfonamides is 1. The van der Waals surface area contributed by atoms with Crippen LogP contribution >= 0.6 is 0 Å². The van der Waals surface area contributed by atoms with Gasteiger partial charge in [-0.25, -0.2) is 17.9 Å². The third-order valence-corrected chi connectivity index (χ3v) is 3.34. The number of fused-ring (bicyclic) bond motifs is 1. The van der Waals surface area contributed by atoms with Crippen LogP contribution in [0.4, 0.5) is 0 Å². The highest BCUT2D eigenvalue weighted by molar-refractivity contribution is 7.88. The van der Waals surface area contributed by atoms with Crippen LogP contribution in [0.2, 0.25) is 0 Å². The molecule has 1 aromatic carbocycles. The van der Waals surface area contributed by atoms with Crippen molar-refractivity contribution in [3.8, 4) is 0 Å². The molecule has 0 radical (unpaired) electrons. The van der Waals surface area contributed by atoms with Gasteiger partial charge in [0, 0.05) is 11.9 Å². The lowest BCUT2D eigenvalue weighted by atomic mass is 10.1. The second-order valence-electron chi connectivity index (χ2n) is 4.45. The second kappa shape index (κ2) is 5.59. The molecule has 2 N–H and O–H groups in total. The summed E-state index contributed by atoms with van der Waals surface area (Å²) >= 11 is 0. The molecule has 0 bridgehead atoms. The van der Waals surface area contributed by atoms with Crippen LogP contribution in [-0.2, 0) is 14.8 Å². The Bertz CT molecular complexity index is 736. The zero-order valence-corrected chi connectivity index (χ0v) is 12.0. The Hall–Kier alpha value is -1.93. The molecule has 0 amide bonds. The number of nitrogens with one attached hydrogen (secondary N) is 2. The van der Waals surface area contributed by atoms with Crippen molar-refractivity contribution in [1.82, 2.24) is 14.9 Å². The second-order valence-corrected chi connectivity index (χ2v) is 6.28. The molecule has 0 aliphatic rings. The van der Waals surface area contributed by atoms with Gasteiger partial charge in [0.25, 0.3) is 0 Å². The number of esters is 1. The average Bonchev–Trinajstić information content (AvgIpc) is 2.80. The highest BCUT2D eigenvalue weighted by Crippen LogP contribution is 2.19. The number of carbonyl (C=O) groups is 1. The third-order valence-electron chi connectivity index (χ3n) is 2.61. The van der Waals surface area contributed by atoms with Gasteiger partial charge in [-0.15, -0.1) is 0 Å². The van der Waals surface area contributed by atoms with Gasteiger partial charge in [-0.2, -0.15) is 5.10 Å². The van der Waals surface area contributed by atoms with Gasteiger partial charge in [0.1, 0.15) is 6.61 Å². The van der Waals surface area contributed by atoms with Crippen LogP contribution in [0, 0.1) is 6.92 Å². The Kier molecular flexibility index (Phi) is 4.05. The Morgan fingerprint density at radius 3 is 2.90 bits per heavy atom. The van der Waals surface area contributed by atoms with Crippen molar-refractivity contribution in [2.75, 3.05) is 19.4 Å². The summed E-state index contributed by atoms with van der Waals surface area (Å²) in [7, 11) is -3.28. The number of benzene rings is 1. The molecule has 0 atom stereocenters. The highest BCUT2D eigenvalue weighted by Gasteiger charge is 2.14. The zero-order valence-electron chi connectivity index (χ0n) is 11.1. The predicted molar refractivity (Wildman–Crippen MR) is 74.0 cm³/mol. The van der Waals surface area contributed by atoms with E-state index in [4.69, 9.17) is 4.74 Å². The zero-order chi connectivity index (χ0) is 14.8. The lowest BCUT2D eigenvalue weighted by molar-refractivity contribution is 0.0515. The molecule has 8 heteroatoms. The van der Waals surface area contributed by atoms with Gasteiger partial charge in [0.15, 0.2) is 0 Å². The standard InChI is InChI=1S/C12H15N3O4S/c1-8-5-9-7-13-15-11(9)10(6-8)12(16)19-4-3-14-20(2,17)18/h5-7,14H,3-4H2,1-2H3,(H,13,15). The van der Waals surface area contributed by atoms with Gasteiger partial charge < -0.3 is 4.74 Å². The van der Waals surface area contributed by atoms with Crippen LogP contribution in [0.25, 0.3) is 10.9 Å². The average molecular weight is 297 g/mol. The minimum absolute atomic E-state index is 0.0323. The molecule has 0 unspecified atom stereocenters. The van der Waals surface area contributed by atoms with Crippen molar-refractivity contribution >= 4 is 26.9 Å². The summed E-state index contributed by atoms with van der Waals surface area (Å²) in [6.45, 7) is 1.88. The molecular formula is C12H15N3O4S. The summed E-state index contributed by atoms with van der Waals surface area (Å²) in [5.74, 6) is -0.516. The van der Waals surface area contributed by atoms with E-state index in [2.05, 4.69) is 14.9 Å². The monoisotopic (exact) mass is 297 g/mol. The Balaban J connectivity index is 2.06. The van der Waals surface area contributed by atoms with Crippen molar-refractivity contribution < 1.29 is 17.9 Å². The van der Waals surface area contributed by atoms with Crippen molar-refractivity contribution in [2.45, 2.75) is 6.92 Å². The minimum Gasteiger partial charge on any atom is -0.461 e. The summed E-state index contributed by atoms with van der Waals surface area (Å²) in [6.07, 6.45) is 2.67. The summed E-state index contributed by atoms with van der Waals surface area (Å²) in [4.78, 5) is 12.0. The number of aromatic nitrogens is 2. The Morgan fingerprint density at radius 2 is 2.20 bits per heavy atom. The molecule has 2 aromatic rings. The van der Waals surface area contributed by atoms with Crippen LogP contribution in [0.5, 0.6) is 0 Å². The lowest BCUT2D eigenvalue weighted by Gasteiger charge is -2.07. The number of rotatable bonds is 5. The van der Waals surface area contributed by atoms with Gasteiger partial charge in [-0.05, 0) is 24.6 Å². The maximum absolute atomic E-state index is 12.0. The fourth-order valence-corrected chi connectivity index (χ4v) is 2.27. The smallest absolute Gasteiger partial charge is 0.340 e. The maximum Gasteiger partial charge on any atom is 0.340 e. The first-order valence-corrected chi connectivity index (χ1v) is 7.81. The number of nitrogens with zero attached hydrogens (tertiary/aromatic N) is 1. The van der Waals surface area contributed by atoms with Gasteiger partial charge in [-0.3, -0.25) is 5.10 Å². The molecule has 108 valence electrons. The Labute approximate surface area is 116 Å². The maximum atomic E-state index is 12.0. The van der Waals surface area contributed by atoms with Crippen LogP contribution in [0.3, 0.4) is 0 Å². The number of carbonyl (C=O) groups excluding carboxylic acids is 1. The minimum atomic E-state index is -3.28.